The predicted molar refractivity (Wildman–Crippen MR) is 91.5 cm³/mol. The Labute approximate surface area is 142 Å². The molecule has 0 aliphatic heterocycles. The number of nitrogens with one attached hydrogen (secondary N) is 1. The number of rotatable bonds is 6. The monoisotopic (exact) mass is 337 g/mol. The summed E-state index contributed by atoms with van der Waals surface area (Å²) in [6.45, 7) is 6.19. The molecule has 1 amide bonds. The first-order valence-electron chi connectivity index (χ1n) is 8.58. The van der Waals surface area contributed by atoms with Crippen molar-refractivity contribution in [3.63, 3.8) is 0 Å². The average molecular weight is 337 g/mol. The third kappa shape index (κ3) is 3.49. The van der Waals surface area contributed by atoms with Gasteiger partial charge in [0, 0.05) is 12.0 Å². The van der Waals surface area contributed by atoms with E-state index in [0.717, 1.165) is 17.7 Å². The highest BCUT2D eigenvalue weighted by Crippen LogP contribution is 2.49. The van der Waals surface area contributed by atoms with Crippen molar-refractivity contribution >= 4 is 17.7 Å². The van der Waals surface area contributed by atoms with Gasteiger partial charge in [0.05, 0.1) is 5.75 Å². The third-order valence-electron chi connectivity index (χ3n) is 5.36. The van der Waals surface area contributed by atoms with E-state index in [0.29, 0.717) is 16.8 Å². The van der Waals surface area contributed by atoms with Crippen molar-refractivity contribution in [3.05, 3.63) is 5.82 Å². The van der Waals surface area contributed by atoms with E-state index in [2.05, 4.69) is 22.4 Å². The van der Waals surface area contributed by atoms with Crippen molar-refractivity contribution in [2.45, 2.75) is 63.6 Å². The minimum Gasteiger partial charge on any atom is -0.353 e. The highest BCUT2D eigenvalue weighted by atomic mass is 32.2. The molecule has 0 aromatic carbocycles. The minimum absolute atomic E-state index is 0.0550. The zero-order valence-corrected chi connectivity index (χ0v) is 15.0. The maximum absolute atomic E-state index is 12.2. The van der Waals surface area contributed by atoms with Crippen LogP contribution in [0.2, 0.25) is 0 Å². The van der Waals surface area contributed by atoms with Gasteiger partial charge in [0.2, 0.25) is 11.1 Å². The van der Waals surface area contributed by atoms with Gasteiger partial charge in [-0.25, -0.2) is 4.68 Å². The van der Waals surface area contributed by atoms with Crippen LogP contribution in [0.3, 0.4) is 0 Å². The molecule has 1 heterocycles. The number of amides is 1. The van der Waals surface area contributed by atoms with Gasteiger partial charge in [0.15, 0.2) is 5.82 Å². The molecular formula is C16H27N5OS. The van der Waals surface area contributed by atoms with E-state index in [1.54, 1.807) is 0 Å². The van der Waals surface area contributed by atoms with Crippen molar-refractivity contribution in [2.75, 3.05) is 11.6 Å². The van der Waals surface area contributed by atoms with E-state index in [4.69, 9.17) is 5.84 Å². The SMILES string of the molecule is CC(C)c1nnc(SCC(=O)N[C@H](C)[C@H]2C[C@H]3CC[C@H]2C3)n1N. The van der Waals surface area contributed by atoms with Crippen LogP contribution in [-0.4, -0.2) is 32.6 Å². The highest BCUT2D eigenvalue weighted by Gasteiger charge is 2.42. The van der Waals surface area contributed by atoms with E-state index in [1.807, 2.05) is 13.8 Å². The van der Waals surface area contributed by atoms with Crippen LogP contribution in [0.5, 0.6) is 0 Å². The van der Waals surface area contributed by atoms with E-state index in [9.17, 15) is 4.79 Å². The Morgan fingerprint density at radius 3 is 2.70 bits per heavy atom. The maximum Gasteiger partial charge on any atom is 0.230 e. The molecule has 4 atom stereocenters. The first-order chi connectivity index (χ1) is 11.0. The van der Waals surface area contributed by atoms with Gasteiger partial charge >= 0.3 is 0 Å². The summed E-state index contributed by atoms with van der Waals surface area (Å²) in [7, 11) is 0. The fourth-order valence-corrected chi connectivity index (χ4v) is 4.89. The molecule has 6 nitrogen and oxygen atoms in total. The van der Waals surface area contributed by atoms with Crippen LogP contribution in [0.15, 0.2) is 5.16 Å². The number of carbonyl (C=O) groups is 1. The molecule has 0 unspecified atom stereocenters. The van der Waals surface area contributed by atoms with Crippen molar-refractivity contribution in [1.29, 1.82) is 0 Å². The molecule has 2 saturated carbocycles. The molecule has 0 radical (unpaired) electrons. The molecule has 3 N–H and O–H groups in total. The Morgan fingerprint density at radius 2 is 2.13 bits per heavy atom. The highest BCUT2D eigenvalue weighted by molar-refractivity contribution is 7.99. The lowest BCUT2D eigenvalue weighted by Crippen LogP contribution is -2.41. The Kier molecular flexibility index (Phi) is 4.85. The lowest BCUT2D eigenvalue weighted by molar-refractivity contribution is -0.119. The smallest absolute Gasteiger partial charge is 0.230 e. The van der Waals surface area contributed by atoms with Gasteiger partial charge in [0.25, 0.3) is 0 Å². The number of thioether (sulfide) groups is 1. The van der Waals surface area contributed by atoms with Crippen LogP contribution in [0, 0.1) is 17.8 Å². The van der Waals surface area contributed by atoms with Crippen LogP contribution in [0.4, 0.5) is 0 Å². The van der Waals surface area contributed by atoms with Crippen molar-refractivity contribution in [1.82, 2.24) is 20.2 Å². The molecule has 0 saturated heterocycles. The number of fused-ring (bicyclic) bond motifs is 2. The fourth-order valence-electron chi connectivity index (χ4n) is 4.22. The van der Waals surface area contributed by atoms with Gasteiger partial charge in [-0.2, -0.15) is 0 Å². The summed E-state index contributed by atoms with van der Waals surface area (Å²) in [5.41, 5.74) is 0. The van der Waals surface area contributed by atoms with Crippen molar-refractivity contribution < 1.29 is 4.79 Å². The first kappa shape index (κ1) is 16.6. The van der Waals surface area contributed by atoms with E-state index in [-0.39, 0.29) is 17.9 Å². The van der Waals surface area contributed by atoms with Gasteiger partial charge in [0.1, 0.15) is 0 Å². The molecule has 128 valence electrons. The zero-order valence-electron chi connectivity index (χ0n) is 14.2. The molecular weight excluding hydrogens is 310 g/mol. The lowest BCUT2D eigenvalue weighted by atomic mass is 9.84. The summed E-state index contributed by atoms with van der Waals surface area (Å²) in [6.07, 6.45) is 5.39. The van der Waals surface area contributed by atoms with Gasteiger partial charge in [-0.05, 0) is 43.9 Å². The Balaban J connectivity index is 1.48. The summed E-state index contributed by atoms with van der Waals surface area (Å²) < 4.78 is 1.49. The fraction of sp³-hybridized carbons (Fsp3) is 0.812. The van der Waals surface area contributed by atoms with Gasteiger partial charge in [-0.1, -0.05) is 32.0 Å². The Bertz CT molecular complexity index is 573. The zero-order chi connectivity index (χ0) is 16.6. The second kappa shape index (κ2) is 6.71. The number of hydrogen-bond acceptors (Lipinski definition) is 5. The van der Waals surface area contributed by atoms with Gasteiger partial charge in [-0.15, -0.1) is 10.2 Å². The number of nitrogen functional groups attached to an aromatic ring is 1. The third-order valence-corrected chi connectivity index (χ3v) is 6.31. The van der Waals surface area contributed by atoms with Crippen LogP contribution < -0.4 is 11.2 Å². The topological polar surface area (TPSA) is 85.8 Å². The summed E-state index contributed by atoms with van der Waals surface area (Å²) in [5.74, 6) is 9.70. The second-order valence-electron chi connectivity index (χ2n) is 7.35. The molecule has 3 rings (SSSR count). The number of carbonyl (C=O) groups excluding carboxylic acids is 1. The standard InChI is InChI=1S/C16H27N5OS/c1-9(2)15-19-20-16(21(15)17)23-8-14(22)18-10(3)13-7-11-4-5-12(13)6-11/h9-13H,4-8,17H2,1-3H3,(H,18,22)/t10-,11+,12+,13-/m1/s1. The summed E-state index contributed by atoms with van der Waals surface area (Å²) in [5, 5.41) is 11.9. The van der Waals surface area contributed by atoms with E-state index < -0.39 is 0 Å². The quantitative estimate of drug-likeness (QED) is 0.613. The van der Waals surface area contributed by atoms with E-state index >= 15 is 0 Å². The predicted octanol–water partition coefficient (Wildman–Crippen LogP) is 2.15. The molecule has 2 aliphatic rings. The first-order valence-corrected chi connectivity index (χ1v) is 9.56. The molecule has 2 fully saturated rings. The van der Waals surface area contributed by atoms with Gasteiger partial charge < -0.3 is 11.2 Å². The normalized spacial score (nSPS) is 27.6. The Hall–Kier alpha value is -1.24. The van der Waals surface area contributed by atoms with Crippen molar-refractivity contribution in [2.24, 2.45) is 17.8 Å². The second-order valence-corrected chi connectivity index (χ2v) is 8.29. The largest absolute Gasteiger partial charge is 0.353 e. The van der Waals surface area contributed by atoms with Gasteiger partial charge in [-0.3, -0.25) is 4.79 Å². The van der Waals surface area contributed by atoms with Crippen LogP contribution in [0.1, 0.15) is 58.2 Å². The maximum atomic E-state index is 12.2. The molecule has 2 bridgehead atoms. The van der Waals surface area contributed by atoms with Crippen molar-refractivity contribution in [3.8, 4) is 0 Å². The molecule has 1 aromatic heterocycles. The molecule has 2 aliphatic carbocycles. The van der Waals surface area contributed by atoms with Crippen LogP contribution >= 0.6 is 11.8 Å². The molecule has 23 heavy (non-hydrogen) atoms. The molecule has 7 heteroatoms. The lowest BCUT2D eigenvalue weighted by Gasteiger charge is -2.28. The number of nitrogens with two attached hydrogens (primary N) is 1. The Morgan fingerprint density at radius 1 is 1.35 bits per heavy atom. The number of hydrogen-bond donors (Lipinski definition) is 2. The number of nitrogens with zero attached hydrogens (tertiary/aromatic N) is 3. The summed E-state index contributed by atoms with van der Waals surface area (Å²) in [4.78, 5) is 12.2. The summed E-state index contributed by atoms with van der Waals surface area (Å²) >= 11 is 1.35. The van der Waals surface area contributed by atoms with Crippen LogP contribution in [0.25, 0.3) is 0 Å². The summed E-state index contributed by atoms with van der Waals surface area (Å²) in [6, 6.07) is 0.264. The number of aromatic nitrogens is 3. The molecule has 1 aromatic rings. The average Bonchev–Trinajstić information content (AvgIpc) is 3.20. The van der Waals surface area contributed by atoms with E-state index in [1.165, 1.54) is 42.1 Å². The molecule has 0 spiro atoms. The van der Waals surface area contributed by atoms with Crippen LogP contribution in [-0.2, 0) is 4.79 Å². The minimum atomic E-state index is 0.0550.